The van der Waals surface area contributed by atoms with Crippen LogP contribution in [-0.2, 0) is 16.6 Å². The van der Waals surface area contributed by atoms with Gasteiger partial charge in [-0.25, -0.2) is 17.4 Å². The van der Waals surface area contributed by atoms with Crippen molar-refractivity contribution in [2.45, 2.75) is 33.2 Å². The van der Waals surface area contributed by atoms with Gasteiger partial charge in [0.05, 0.1) is 17.6 Å². The van der Waals surface area contributed by atoms with E-state index in [2.05, 4.69) is 45.8 Å². The van der Waals surface area contributed by atoms with E-state index in [0.29, 0.717) is 25.6 Å². The fourth-order valence-electron chi connectivity index (χ4n) is 3.83. The largest absolute Gasteiger partial charge is 0.356 e. The molecule has 3 rings (SSSR count). The third-order valence-corrected chi connectivity index (χ3v) is 6.80. The molecule has 0 aliphatic carbocycles. The summed E-state index contributed by atoms with van der Waals surface area (Å²) in [6.45, 7) is 6.63. The van der Waals surface area contributed by atoms with Gasteiger partial charge in [0.1, 0.15) is 0 Å². The molecule has 0 bridgehead atoms. The summed E-state index contributed by atoms with van der Waals surface area (Å²) in [4.78, 5) is 4.33. The van der Waals surface area contributed by atoms with E-state index < -0.39 is 10.0 Å². The van der Waals surface area contributed by atoms with Crippen molar-refractivity contribution in [3.63, 3.8) is 0 Å². The molecule has 8 nitrogen and oxygen atoms in total. The maximum atomic E-state index is 11.7. The lowest BCUT2D eigenvalue weighted by atomic mass is 9.98. The van der Waals surface area contributed by atoms with Gasteiger partial charge in [0.2, 0.25) is 10.0 Å². The number of nitrogens with zero attached hydrogens (tertiary/aromatic N) is 4. The second-order valence-electron chi connectivity index (χ2n) is 7.88. The smallest absolute Gasteiger partial charge is 0.211 e. The number of aliphatic imine (C=N–C) groups is 1. The Kier molecular flexibility index (Phi) is 9.31. The van der Waals surface area contributed by atoms with Crippen LogP contribution in [0.15, 0.2) is 35.3 Å². The maximum absolute atomic E-state index is 11.7. The highest BCUT2D eigenvalue weighted by Crippen LogP contribution is 2.19. The molecule has 0 unspecified atom stereocenters. The van der Waals surface area contributed by atoms with Gasteiger partial charge in [0.25, 0.3) is 0 Å². The van der Waals surface area contributed by atoms with Crippen molar-refractivity contribution in [2.24, 2.45) is 10.9 Å². The van der Waals surface area contributed by atoms with Gasteiger partial charge in [-0.15, -0.1) is 24.0 Å². The molecule has 0 saturated carbocycles. The Morgan fingerprint density at radius 1 is 1.19 bits per heavy atom. The third-order valence-electron chi connectivity index (χ3n) is 5.50. The van der Waals surface area contributed by atoms with Crippen LogP contribution in [0.4, 0.5) is 0 Å². The zero-order chi connectivity index (χ0) is 21.7. The van der Waals surface area contributed by atoms with Crippen LogP contribution in [0.1, 0.15) is 29.8 Å². The number of aromatic nitrogens is 2. The standard InChI is InChI=1S/C21H32N6O2S.HI/c1-16-13-17(2)27(25-16)20-8-6-5-7-19(20)15-24-21(22-3)23-14-18-9-11-26(12-10-18)30(4,28)29;/h5-8,13,18H,9-12,14-15H2,1-4H3,(H2,22,23,24);1H. The SMILES string of the molecule is CN=C(NCc1ccccc1-n1nc(C)cc1C)NCC1CCN(S(C)(=O)=O)CC1.I. The van der Waals surface area contributed by atoms with E-state index in [1.807, 2.05) is 23.7 Å². The molecule has 1 aliphatic heterocycles. The molecule has 0 amide bonds. The molecule has 1 aromatic heterocycles. The van der Waals surface area contributed by atoms with Gasteiger partial charge in [0, 0.05) is 38.9 Å². The summed E-state index contributed by atoms with van der Waals surface area (Å²) >= 11 is 0. The van der Waals surface area contributed by atoms with Gasteiger partial charge >= 0.3 is 0 Å². The van der Waals surface area contributed by atoms with Crippen molar-refractivity contribution < 1.29 is 8.42 Å². The molecule has 0 atom stereocenters. The first kappa shape index (κ1) is 25.6. The molecule has 1 saturated heterocycles. The Morgan fingerprint density at radius 2 is 1.87 bits per heavy atom. The molecule has 1 aromatic carbocycles. The molecular formula is C21H33IN6O2S. The second-order valence-corrected chi connectivity index (χ2v) is 9.86. The van der Waals surface area contributed by atoms with Crippen molar-refractivity contribution in [2.75, 3.05) is 32.9 Å². The highest BCUT2D eigenvalue weighted by molar-refractivity contribution is 14.0. The van der Waals surface area contributed by atoms with Crippen molar-refractivity contribution >= 4 is 40.0 Å². The quantitative estimate of drug-likeness (QED) is 0.322. The van der Waals surface area contributed by atoms with Crippen molar-refractivity contribution in [3.8, 4) is 5.69 Å². The predicted molar refractivity (Wildman–Crippen MR) is 136 cm³/mol. The number of nitrogens with one attached hydrogen (secondary N) is 2. The fourth-order valence-corrected chi connectivity index (χ4v) is 4.70. The maximum Gasteiger partial charge on any atom is 0.211 e. The molecule has 0 spiro atoms. The van der Waals surface area contributed by atoms with Crippen LogP contribution in [0.3, 0.4) is 0 Å². The lowest BCUT2D eigenvalue weighted by Crippen LogP contribution is -2.43. The van der Waals surface area contributed by atoms with Crippen molar-refractivity contribution in [3.05, 3.63) is 47.3 Å². The van der Waals surface area contributed by atoms with Crippen LogP contribution in [-0.4, -0.2) is 61.4 Å². The van der Waals surface area contributed by atoms with Crippen molar-refractivity contribution in [1.29, 1.82) is 0 Å². The Balaban J connectivity index is 0.00000341. The van der Waals surface area contributed by atoms with E-state index in [4.69, 9.17) is 0 Å². The van der Waals surface area contributed by atoms with Gasteiger partial charge in [-0.2, -0.15) is 5.10 Å². The minimum atomic E-state index is -3.08. The summed E-state index contributed by atoms with van der Waals surface area (Å²) in [6, 6.07) is 10.3. The monoisotopic (exact) mass is 560 g/mol. The Labute approximate surface area is 202 Å². The van der Waals surface area contributed by atoms with Gasteiger partial charge < -0.3 is 10.6 Å². The number of para-hydroxylation sites is 1. The second kappa shape index (κ2) is 11.3. The molecule has 172 valence electrons. The average molecular weight is 561 g/mol. The van der Waals surface area contributed by atoms with Crippen LogP contribution in [0.5, 0.6) is 0 Å². The summed E-state index contributed by atoms with van der Waals surface area (Å²) in [5, 5.41) is 11.4. The number of hydrogen-bond donors (Lipinski definition) is 2. The first-order chi connectivity index (χ1) is 14.3. The summed E-state index contributed by atoms with van der Waals surface area (Å²) < 4.78 is 26.8. The number of rotatable bonds is 6. The van der Waals surface area contributed by atoms with E-state index >= 15 is 0 Å². The average Bonchev–Trinajstić information content (AvgIpc) is 3.06. The summed E-state index contributed by atoms with van der Waals surface area (Å²) in [5.74, 6) is 1.17. The fraction of sp³-hybridized carbons (Fsp3) is 0.524. The van der Waals surface area contributed by atoms with E-state index in [1.54, 1.807) is 11.4 Å². The number of guanidine groups is 1. The number of piperidine rings is 1. The number of halogens is 1. The first-order valence-corrected chi connectivity index (χ1v) is 12.1. The van der Waals surface area contributed by atoms with Gasteiger partial charge in [-0.1, -0.05) is 18.2 Å². The molecule has 31 heavy (non-hydrogen) atoms. The van der Waals surface area contributed by atoms with Gasteiger partial charge in [0.15, 0.2) is 5.96 Å². The topological polar surface area (TPSA) is 91.6 Å². The number of benzene rings is 1. The van der Waals surface area contributed by atoms with E-state index in [1.165, 1.54) is 6.26 Å². The van der Waals surface area contributed by atoms with Gasteiger partial charge in [-0.05, 0) is 50.3 Å². The molecule has 2 aromatic rings. The molecule has 1 aliphatic rings. The molecule has 10 heteroatoms. The number of aryl methyl sites for hydroxylation is 2. The molecule has 0 radical (unpaired) electrons. The van der Waals surface area contributed by atoms with Crippen LogP contribution in [0, 0.1) is 19.8 Å². The van der Waals surface area contributed by atoms with Gasteiger partial charge in [-0.3, -0.25) is 4.99 Å². The van der Waals surface area contributed by atoms with Crippen LogP contribution >= 0.6 is 24.0 Å². The molecular weight excluding hydrogens is 527 g/mol. The third kappa shape index (κ3) is 6.91. The zero-order valence-corrected chi connectivity index (χ0v) is 21.8. The molecule has 2 N–H and O–H groups in total. The summed E-state index contributed by atoms with van der Waals surface area (Å²) in [5.41, 5.74) is 4.28. The molecule has 2 heterocycles. The number of hydrogen-bond acceptors (Lipinski definition) is 4. The van der Waals surface area contributed by atoms with Crippen LogP contribution in [0.2, 0.25) is 0 Å². The minimum absolute atomic E-state index is 0. The Hall–Kier alpha value is -1.66. The van der Waals surface area contributed by atoms with Crippen molar-refractivity contribution in [1.82, 2.24) is 24.7 Å². The Morgan fingerprint density at radius 3 is 2.45 bits per heavy atom. The van der Waals surface area contributed by atoms with E-state index in [-0.39, 0.29) is 24.0 Å². The lowest BCUT2D eigenvalue weighted by molar-refractivity contribution is 0.275. The molecule has 1 fully saturated rings. The summed E-state index contributed by atoms with van der Waals surface area (Å²) in [6.07, 6.45) is 3.00. The number of sulfonamides is 1. The Bertz CT molecular complexity index is 997. The summed E-state index contributed by atoms with van der Waals surface area (Å²) in [7, 11) is -1.32. The predicted octanol–water partition coefficient (Wildman–Crippen LogP) is 2.44. The lowest BCUT2D eigenvalue weighted by Gasteiger charge is -2.30. The highest BCUT2D eigenvalue weighted by Gasteiger charge is 2.24. The van der Waals surface area contributed by atoms with Crippen LogP contribution < -0.4 is 10.6 Å². The van der Waals surface area contributed by atoms with E-state index in [9.17, 15) is 8.42 Å². The normalized spacial score (nSPS) is 16.1. The minimum Gasteiger partial charge on any atom is -0.356 e. The highest BCUT2D eigenvalue weighted by atomic mass is 127. The zero-order valence-electron chi connectivity index (χ0n) is 18.6. The van der Waals surface area contributed by atoms with Crippen LogP contribution in [0.25, 0.3) is 5.69 Å². The van der Waals surface area contributed by atoms with E-state index in [0.717, 1.165) is 48.0 Å². The first-order valence-electron chi connectivity index (χ1n) is 10.3.